The fourth-order valence-corrected chi connectivity index (χ4v) is 2.25. The van der Waals surface area contributed by atoms with E-state index in [0.717, 1.165) is 0 Å². The van der Waals surface area contributed by atoms with E-state index in [1.165, 1.54) is 18.2 Å². The molecule has 3 nitrogen and oxygen atoms in total. The Hall–Kier alpha value is -1.93. The van der Waals surface area contributed by atoms with E-state index in [0.29, 0.717) is 10.5 Å². The minimum atomic E-state index is -5.70. The number of hydrogen-bond acceptors (Lipinski definition) is 2. The van der Waals surface area contributed by atoms with Gasteiger partial charge in [-0.2, -0.15) is 26.3 Å². The molecule has 1 amide bonds. The molecule has 0 spiro atoms. The topological polar surface area (TPSA) is 46.3 Å². The van der Waals surface area contributed by atoms with Crippen LogP contribution in [0.1, 0.15) is 5.56 Å². The van der Waals surface area contributed by atoms with E-state index in [1.54, 1.807) is 0 Å². The summed E-state index contributed by atoms with van der Waals surface area (Å²) in [5, 5.41) is 0. The molecule has 0 aliphatic carbocycles. The molecule has 0 radical (unpaired) electrons. The van der Waals surface area contributed by atoms with Gasteiger partial charge in [0.1, 0.15) is 0 Å². The lowest BCUT2D eigenvalue weighted by atomic mass is 10.1. The summed E-state index contributed by atoms with van der Waals surface area (Å²) in [4.78, 5) is 12.3. The Morgan fingerprint density at radius 2 is 1.71 bits per heavy atom. The number of rotatable bonds is 1. The van der Waals surface area contributed by atoms with Gasteiger partial charge in [0.15, 0.2) is 0 Å². The molecule has 0 saturated carbocycles. The number of carbonyl (C=O) groups is 1. The van der Waals surface area contributed by atoms with Gasteiger partial charge in [-0.1, -0.05) is 6.07 Å². The van der Waals surface area contributed by atoms with Crippen molar-refractivity contribution in [3.63, 3.8) is 0 Å². The molecule has 1 aromatic carbocycles. The highest BCUT2D eigenvalue weighted by Gasteiger charge is 2.62. The second-order valence-electron chi connectivity index (χ2n) is 4.64. The van der Waals surface area contributed by atoms with Gasteiger partial charge in [-0.15, -0.1) is 0 Å². The number of alkyl halides is 6. The van der Waals surface area contributed by atoms with E-state index >= 15 is 0 Å². The molecular weight excluding hydrogens is 302 g/mol. The molecule has 116 valence electrons. The maximum atomic E-state index is 12.6. The van der Waals surface area contributed by atoms with Gasteiger partial charge < -0.3 is 10.6 Å². The average Bonchev–Trinajstić information content (AvgIpc) is 2.67. The molecule has 1 aromatic rings. The summed E-state index contributed by atoms with van der Waals surface area (Å²) < 4.78 is 75.5. The highest BCUT2D eigenvalue weighted by atomic mass is 19.4. The molecule has 1 aliphatic rings. The first kappa shape index (κ1) is 15.5. The highest BCUT2D eigenvalue weighted by molar-refractivity contribution is 5.98. The Balaban J connectivity index is 2.39. The van der Waals surface area contributed by atoms with Crippen LogP contribution in [0.25, 0.3) is 0 Å². The number of anilines is 2. The standard InChI is InChI=1S/C12H10F6N2O/c13-11(14,15)9(12(16,17)18)10(21)20-4-3-6-1-2-7(19)5-8(6)20/h1-2,5,9H,3-4,19H2. The average molecular weight is 312 g/mol. The molecular formula is C12H10F6N2O. The second-order valence-corrected chi connectivity index (χ2v) is 4.64. The number of halogens is 6. The van der Waals surface area contributed by atoms with Gasteiger partial charge in [0, 0.05) is 17.9 Å². The van der Waals surface area contributed by atoms with Crippen LogP contribution in [0.2, 0.25) is 0 Å². The van der Waals surface area contributed by atoms with Crippen LogP contribution in [0.3, 0.4) is 0 Å². The normalized spacial score (nSPS) is 15.5. The van der Waals surface area contributed by atoms with Gasteiger partial charge in [-0.25, -0.2) is 0 Å². The number of nitrogens with two attached hydrogens (primary N) is 1. The van der Waals surface area contributed by atoms with Crippen LogP contribution in [0, 0.1) is 5.92 Å². The predicted molar refractivity (Wildman–Crippen MR) is 62.5 cm³/mol. The van der Waals surface area contributed by atoms with Crippen molar-refractivity contribution in [2.24, 2.45) is 5.92 Å². The van der Waals surface area contributed by atoms with Crippen LogP contribution >= 0.6 is 0 Å². The molecule has 1 aliphatic heterocycles. The van der Waals surface area contributed by atoms with E-state index in [-0.39, 0.29) is 24.3 Å². The van der Waals surface area contributed by atoms with Crippen LogP contribution in [0.4, 0.5) is 37.7 Å². The van der Waals surface area contributed by atoms with Crippen molar-refractivity contribution in [2.45, 2.75) is 18.8 Å². The maximum Gasteiger partial charge on any atom is 0.409 e. The number of amides is 1. The number of benzene rings is 1. The Bertz CT molecular complexity index is 552. The molecule has 0 bridgehead atoms. The summed E-state index contributed by atoms with van der Waals surface area (Å²) in [5.41, 5.74) is 6.10. The number of carbonyl (C=O) groups excluding carboxylic acids is 1. The van der Waals surface area contributed by atoms with Gasteiger partial charge in [0.25, 0.3) is 0 Å². The molecule has 2 N–H and O–H groups in total. The highest BCUT2D eigenvalue weighted by Crippen LogP contribution is 2.42. The fraction of sp³-hybridized carbons (Fsp3) is 0.417. The Labute approximate surface area is 115 Å². The molecule has 0 fully saturated rings. The Morgan fingerprint density at radius 1 is 1.14 bits per heavy atom. The quantitative estimate of drug-likeness (QED) is 0.640. The van der Waals surface area contributed by atoms with Crippen LogP contribution in [-0.2, 0) is 11.2 Å². The van der Waals surface area contributed by atoms with Gasteiger partial charge in [0.05, 0.1) is 0 Å². The van der Waals surface area contributed by atoms with E-state index in [9.17, 15) is 31.1 Å². The van der Waals surface area contributed by atoms with Crippen molar-refractivity contribution < 1.29 is 31.1 Å². The van der Waals surface area contributed by atoms with E-state index in [2.05, 4.69) is 0 Å². The van der Waals surface area contributed by atoms with Crippen LogP contribution in [-0.4, -0.2) is 24.8 Å². The molecule has 0 unspecified atom stereocenters. The minimum Gasteiger partial charge on any atom is -0.399 e. The largest absolute Gasteiger partial charge is 0.409 e. The monoisotopic (exact) mass is 312 g/mol. The summed E-state index contributed by atoms with van der Waals surface area (Å²) in [7, 11) is 0. The number of nitrogen functional groups attached to an aromatic ring is 1. The van der Waals surface area contributed by atoms with Gasteiger partial charge in [-0.3, -0.25) is 4.79 Å². The first-order valence-corrected chi connectivity index (χ1v) is 5.85. The summed E-state index contributed by atoms with van der Waals surface area (Å²) in [6, 6.07) is 4.15. The number of fused-ring (bicyclic) bond motifs is 1. The summed E-state index contributed by atoms with van der Waals surface area (Å²) in [6.07, 6.45) is -11.2. The lowest BCUT2D eigenvalue weighted by molar-refractivity contribution is -0.273. The van der Waals surface area contributed by atoms with Crippen molar-refractivity contribution in [3.8, 4) is 0 Å². The van der Waals surface area contributed by atoms with Crippen molar-refractivity contribution in [1.82, 2.24) is 0 Å². The van der Waals surface area contributed by atoms with Crippen molar-refractivity contribution in [1.29, 1.82) is 0 Å². The molecule has 2 rings (SSSR count). The first-order valence-electron chi connectivity index (χ1n) is 5.85. The van der Waals surface area contributed by atoms with E-state index < -0.39 is 24.2 Å². The van der Waals surface area contributed by atoms with E-state index in [4.69, 9.17) is 5.73 Å². The Morgan fingerprint density at radius 3 is 2.24 bits per heavy atom. The lowest BCUT2D eigenvalue weighted by Crippen LogP contribution is -2.49. The maximum absolute atomic E-state index is 12.6. The number of hydrogen-bond donors (Lipinski definition) is 1. The SMILES string of the molecule is Nc1ccc2c(c1)N(C(=O)C(C(F)(F)F)C(F)(F)F)CC2. The van der Waals surface area contributed by atoms with Gasteiger partial charge >= 0.3 is 12.4 Å². The van der Waals surface area contributed by atoms with Gasteiger partial charge in [0.2, 0.25) is 11.8 Å². The third-order valence-electron chi connectivity index (χ3n) is 3.17. The van der Waals surface area contributed by atoms with E-state index in [1.807, 2.05) is 0 Å². The fourth-order valence-electron chi connectivity index (χ4n) is 2.25. The molecule has 21 heavy (non-hydrogen) atoms. The summed E-state index contributed by atoms with van der Waals surface area (Å²) in [5.74, 6) is -6.06. The van der Waals surface area contributed by atoms with Crippen molar-refractivity contribution >= 4 is 17.3 Å². The van der Waals surface area contributed by atoms with Crippen LogP contribution in [0.15, 0.2) is 18.2 Å². The summed E-state index contributed by atoms with van der Waals surface area (Å²) in [6.45, 7) is -0.236. The van der Waals surface area contributed by atoms with Crippen molar-refractivity contribution in [3.05, 3.63) is 23.8 Å². The molecule has 0 aromatic heterocycles. The molecule has 0 atom stereocenters. The van der Waals surface area contributed by atoms with Crippen molar-refractivity contribution in [2.75, 3.05) is 17.2 Å². The van der Waals surface area contributed by atoms with Gasteiger partial charge in [-0.05, 0) is 24.1 Å². The minimum absolute atomic E-state index is 0.00139. The third kappa shape index (κ3) is 2.91. The zero-order chi connectivity index (χ0) is 16.0. The zero-order valence-corrected chi connectivity index (χ0v) is 10.4. The lowest BCUT2D eigenvalue weighted by Gasteiger charge is -2.27. The smallest absolute Gasteiger partial charge is 0.399 e. The summed E-state index contributed by atoms with van der Waals surface area (Å²) >= 11 is 0. The van der Waals surface area contributed by atoms with Crippen LogP contribution in [0.5, 0.6) is 0 Å². The Kier molecular flexibility index (Phi) is 3.54. The number of nitrogens with zero attached hydrogens (tertiary/aromatic N) is 1. The predicted octanol–water partition coefficient (Wildman–Crippen LogP) is 2.90. The molecule has 0 saturated heterocycles. The zero-order valence-electron chi connectivity index (χ0n) is 10.4. The first-order chi connectivity index (χ1) is 9.51. The molecule has 9 heteroatoms. The second kappa shape index (κ2) is 4.81. The third-order valence-corrected chi connectivity index (χ3v) is 3.17. The molecule has 1 heterocycles. The van der Waals surface area contributed by atoms with Crippen LogP contribution < -0.4 is 10.6 Å².